The summed E-state index contributed by atoms with van der Waals surface area (Å²) in [5.41, 5.74) is 5.51. The topological polar surface area (TPSA) is 46.2 Å². The van der Waals surface area contributed by atoms with Crippen LogP contribution in [-0.2, 0) is 0 Å². The molecule has 2 unspecified atom stereocenters. The van der Waals surface area contributed by atoms with Gasteiger partial charge in [-0.05, 0) is 29.8 Å². The molecule has 5 heteroatoms. The molecule has 0 spiro atoms. The summed E-state index contributed by atoms with van der Waals surface area (Å²) in [7, 11) is 0. The van der Waals surface area contributed by atoms with E-state index in [1.54, 1.807) is 6.07 Å². The van der Waals surface area contributed by atoms with Gasteiger partial charge in [0.2, 0.25) is 0 Å². The molecule has 2 rings (SSSR count). The van der Waals surface area contributed by atoms with Gasteiger partial charge in [0.15, 0.2) is 0 Å². The highest BCUT2D eigenvalue weighted by molar-refractivity contribution is 5.29. The van der Waals surface area contributed by atoms with Gasteiger partial charge in [-0.25, -0.2) is 13.2 Å². The highest BCUT2D eigenvalue weighted by atomic mass is 19.1. The molecule has 0 aliphatic heterocycles. The van der Waals surface area contributed by atoms with E-state index in [-0.39, 0.29) is 6.54 Å². The Labute approximate surface area is 114 Å². The number of rotatable bonds is 4. The molecule has 0 fully saturated rings. The molecule has 2 aromatic carbocycles. The van der Waals surface area contributed by atoms with Crippen molar-refractivity contribution in [3.8, 4) is 0 Å². The van der Waals surface area contributed by atoms with Gasteiger partial charge in [0.05, 0.1) is 11.7 Å². The van der Waals surface area contributed by atoms with Gasteiger partial charge in [-0.2, -0.15) is 0 Å². The van der Waals surface area contributed by atoms with Crippen LogP contribution < -0.4 is 5.73 Å². The van der Waals surface area contributed by atoms with E-state index >= 15 is 0 Å². The van der Waals surface area contributed by atoms with E-state index in [0.29, 0.717) is 5.56 Å². The Hall–Kier alpha value is -1.85. The Balaban J connectivity index is 2.41. The minimum absolute atomic E-state index is 0.0710. The monoisotopic (exact) mass is 281 g/mol. The number of aliphatic hydroxyl groups excluding tert-OH is 1. The molecule has 0 heterocycles. The zero-order valence-corrected chi connectivity index (χ0v) is 10.6. The molecule has 3 N–H and O–H groups in total. The first-order chi connectivity index (χ1) is 9.54. The normalized spacial score (nSPS) is 14.1. The standard InChI is InChI=1S/C15H14F3NO/c16-10-4-1-3-9(7-10)11(8-19)15(20)14-12(17)5-2-6-13(14)18/h1-7,11,15,20H,8,19H2. The van der Waals surface area contributed by atoms with E-state index in [0.717, 1.165) is 12.1 Å². The average molecular weight is 281 g/mol. The summed E-state index contributed by atoms with van der Waals surface area (Å²) in [5.74, 6) is -3.00. The van der Waals surface area contributed by atoms with Crippen molar-refractivity contribution < 1.29 is 18.3 Å². The molecule has 0 aromatic heterocycles. The summed E-state index contributed by atoms with van der Waals surface area (Å²) in [4.78, 5) is 0. The Bertz CT molecular complexity index is 583. The molecule has 0 saturated heterocycles. The van der Waals surface area contributed by atoms with Crippen LogP contribution >= 0.6 is 0 Å². The maximum Gasteiger partial charge on any atom is 0.131 e. The van der Waals surface area contributed by atoms with Gasteiger partial charge in [-0.15, -0.1) is 0 Å². The number of hydrogen-bond acceptors (Lipinski definition) is 2. The molecule has 0 aliphatic rings. The van der Waals surface area contributed by atoms with Gasteiger partial charge in [0, 0.05) is 12.5 Å². The molecule has 106 valence electrons. The zero-order chi connectivity index (χ0) is 14.7. The van der Waals surface area contributed by atoms with Crippen LogP contribution in [0.4, 0.5) is 13.2 Å². The van der Waals surface area contributed by atoms with Crippen LogP contribution in [0.15, 0.2) is 42.5 Å². The molecule has 2 nitrogen and oxygen atoms in total. The summed E-state index contributed by atoms with van der Waals surface area (Å²) in [6.45, 7) is -0.0710. The third-order valence-corrected chi connectivity index (χ3v) is 3.21. The van der Waals surface area contributed by atoms with Crippen molar-refractivity contribution in [2.75, 3.05) is 6.54 Å². The van der Waals surface area contributed by atoms with Gasteiger partial charge >= 0.3 is 0 Å². The molecule has 2 aromatic rings. The second-order valence-corrected chi connectivity index (χ2v) is 4.48. The maximum atomic E-state index is 13.7. The average Bonchev–Trinajstić information content (AvgIpc) is 2.39. The highest BCUT2D eigenvalue weighted by Gasteiger charge is 2.27. The molecular formula is C15H14F3NO. The molecular weight excluding hydrogens is 267 g/mol. The predicted molar refractivity (Wildman–Crippen MR) is 69.5 cm³/mol. The lowest BCUT2D eigenvalue weighted by molar-refractivity contribution is 0.138. The van der Waals surface area contributed by atoms with Crippen LogP contribution in [0, 0.1) is 17.5 Å². The predicted octanol–water partition coefficient (Wildman–Crippen LogP) is 2.88. The van der Waals surface area contributed by atoms with E-state index in [9.17, 15) is 18.3 Å². The van der Waals surface area contributed by atoms with Crippen molar-refractivity contribution in [2.45, 2.75) is 12.0 Å². The van der Waals surface area contributed by atoms with E-state index in [4.69, 9.17) is 5.73 Å². The van der Waals surface area contributed by atoms with Crippen LogP contribution in [0.1, 0.15) is 23.1 Å². The van der Waals surface area contributed by atoms with Crippen LogP contribution in [0.25, 0.3) is 0 Å². The minimum Gasteiger partial charge on any atom is -0.388 e. The van der Waals surface area contributed by atoms with E-state index < -0.39 is 35.0 Å². The summed E-state index contributed by atoms with van der Waals surface area (Å²) < 4.78 is 40.6. The van der Waals surface area contributed by atoms with Crippen LogP contribution in [-0.4, -0.2) is 11.7 Å². The first-order valence-electron chi connectivity index (χ1n) is 6.12. The third kappa shape index (κ3) is 2.84. The smallest absolute Gasteiger partial charge is 0.131 e. The largest absolute Gasteiger partial charge is 0.388 e. The SMILES string of the molecule is NCC(c1cccc(F)c1)C(O)c1c(F)cccc1F. The first-order valence-corrected chi connectivity index (χ1v) is 6.12. The first kappa shape index (κ1) is 14.6. The third-order valence-electron chi connectivity index (χ3n) is 3.21. The van der Waals surface area contributed by atoms with Gasteiger partial charge in [0.25, 0.3) is 0 Å². The minimum atomic E-state index is -1.48. The zero-order valence-electron chi connectivity index (χ0n) is 10.6. The van der Waals surface area contributed by atoms with Crippen molar-refractivity contribution in [1.29, 1.82) is 0 Å². The number of halogens is 3. The maximum absolute atomic E-state index is 13.7. The fourth-order valence-electron chi connectivity index (χ4n) is 2.18. The lowest BCUT2D eigenvalue weighted by Gasteiger charge is -2.23. The van der Waals surface area contributed by atoms with Crippen LogP contribution in [0.5, 0.6) is 0 Å². The summed E-state index contributed by atoms with van der Waals surface area (Å²) in [6.07, 6.45) is -1.48. The van der Waals surface area contributed by atoms with Crippen LogP contribution in [0.2, 0.25) is 0 Å². The lowest BCUT2D eigenvalue weighted by Crippen LogP contribution is -2.22. The number of aliphatic hydroxyl groups is 1. The van der Waals surface area contributed by atoms with Gasteiger partial charge in [-0.3, -0.25) is 0 Å². The summed E-state index contributed by atoms with van der Waals surface area (Å²) in [6, 6.07) is 8.77. The Kier molecular flexibility index (Phi) is 4.42. The summed E-state index contributed by atoms with van der Waals surface area (Å²) >= 11 is 0. The molecule has 0 radical (unpaired) electrons. The van der Waals surface area contributed by atoms with Crippen LogP contribution in [0.3, 0.4) is 0 Å². The fourth-order valence-corrected chi connectivity index (χ4v) is 2.18. The molecule has 0 saturated carbocycles. The van der Waals surface area contributed by atoms with Crippen molar-refractivity contribution in [3.05, 3.63) is 71.0 Å². The van der Waals surface area contributed by atoms with Gasteiger partial charge in [-0.1, -0.05) is 18.2 Å². The quantitative estimate of drug-likeness (QED) is 0.905. The van der Waals surface area contributed by atoms with Crippen molar-refractivity contribution in [3.63, 3.8) is 0 Å². The van der Waals surface area contributed by atoms with E-state index in [2.05, 4.69) is 0 Å². The molecule has 0 bridgehead atoms. The van der Waals surface area contributed by atoms with E-state index in [1.807, 2.05) is 0 Å². The van der Waals surface area contributed by atoms with Gasteiger partial charge < -0.3 is 10.8 Å². The number of nitrogens with two attached hydrogens (primary N) is 1. The molecule has 0 aliphatic carbocycles. The second kappa shape index (κ2) is 6.07. The molecule has 0 amide bonds. The van der Waals surface area contributed by atoms with Crippen molar-refractivity contribution in [2.24, 2.45) is 5.73 Å². The Morgan fingerprint density at radius 2 is 1.60 bits per heavy atom. The number of benzene rings is 2. The molecule has 2 atom stereocenters. The second-order valence-electron chi connectivity index (χ2n) is 4.48. The van der Waals surface area contributed by atoms with Crippen molar-refractivity contribution in [1.82, 2.24) is 0 Å². The number of hydrogen-bond donors (Lipinski definition) is 2. The molecule has 20 heavy (non-hydrogen) atoms. The highest BCUT2D eigenvalue weighted by Crippen LogP contribution is 2.33. The lowest BCUT2D eigenvalue weighted by atomic mass is 9.88. The Morgan fingerprint density at radius 3 is 2.15 bits per heavy atom. The fraction of sp³-hybridized carbons (Fsp3) is 0.200. The van der Waals surface area contributed by atoms with E-state index in [1.165, 1.54) is 24.3 Å². The Morgan fingerprint density at radius 1 is 1.00 bits per heavy atom. The van der Waals surface area contributed by atoms with Crippen molar-refractivity contribution >= 4 is 0 Å². The van der Waals surface area contributed by atoms with Gasteiger partial charge in [0.1, 0.15) is 17.5 Å². The summed E-state index contributed by atoms with van der Waals surface area (Å²) in [5, 5.41) is 10.2.